The van der Waals surface area contributed by atoms with E-state index in [4.69, 9.17) is 28.4 Å². The molecule has 4 rings (SSSR count). The standard InChI is InChI=1S/C22H26O7/c1-6-7-22-10-16(25-4)17(23)20(26-5)21(22)29-18(12(22)2)13-8-14(24-3)19-15(9-13)27-11-28-19/h6,8-9,12,16,18H,1,7,10-11H2,2-5H3/t12-,16-,18-,22-/m1/s1. The molecule has 0 saturated carbocycles. The molecule has 1 fully saturated rings. The average molecular weight is 402 g/mol. The van der Waals surface area contributed by atoms with E-state index in [1.165, 1.54) is 7.11 Å². The number of methoxy groups -OCH3 is 3. The van der Waals surface area contributed by atoms with Crippen molar-refractivity contribution in [1.29, 1.82) is 0 Å². The van der Waals surface area contributed by atoms with Crippen LogP contribution in [0.3, 0.4) is 0 Å². The van der Waals surface area contributed by atoms with E-state index in [0.717, 1.165) is 5.56 Å². The molecular weight excluding hydrogens is 376 g/mol. The number of benzene rings is 1. The Kier molecular flexibility index (Phi) is 4.94. The highest BCUT2D eigenvalue weighted by Crippen LogP contribution is 2.61. The van der Waals surface area contributed by atoms with Gasteiger partial charge in [-0.1, -0.05) is 13.0 Å². The Morgan fingerprint density at radius 3 is 2.69 bits per heavy atom. The van der Waals surface area contributed by atoms with Crippen LogP contribution in [0.1, 0.15) is 31.4 Å². The topological polar surface area (TPSA) is 72.5 Å². The molecule has 156 valence electrons. The number of ether oxygens (including phenoxy) is 6. The third-order valence-corrected chi connectivity index (χ3v) is 6.30. The number of fused-ring (bicyclic) bond motifs is 2. The minimum absolute atomic E-state index is 0.0245. The van der Waals surface area contributed by atoms with Gasteiger partial charge >= 0.3 is 0 Å². The van der Waals surface area contributed by atoms with E-state index >= 15 is 0 Å². The molecule has 0 unspecified atom stereocenters. The van der Waals surface area contributed by atoms with Crippen LogP contribution in [0.4, 0.5) is 0 Å². The summed E-state index contributed by atoms with van der Waals surface area (Å²) in [6.07, 6.45) is 2.11. The predicted octanol–water partition coefficient (Wildman–Crippen LogP) is 3.54. The molecule has 1 aliphatic carbocycles. The number of rotatable bonds is 6. The lowest BCUT2D eigenvalue weighted by molar-refractivity contribution is -0.132. The summed E-state index contributed by atoms with van der Waals surface area (Å²) in [5.74, 6) is 2.43. The van der Waals surface area contributed by atoms with Crippen LogP contribution in [0.2, 0.25) is 0 Å². The fourth-order valence-corrected chi connectivity index (χ4v) is 4.76. The SMILES string of the molecule is C=CC[C@]12C[C@@H](OC)C(=O)C(OC)=C1O[C@@H](c1cc(OC)c3c(c1)OCO3)[C@H]2C. The summed E-state index contributed by atoms with van der Waals surface area (Å²) < 4.78 is 34.0. The molecule has 0 N–H and O–H groups in total. The Morgan fingerprint density at radius 2 is 2.03 bits per heavy atom. The van der Waals surface area contributed by atoms with Crippen LogP contribution in [-0.4, -0.2) is 40.0 Å². The molecule has 0 aromatic heterocycles. The predicted molar refractivity (Wildman–Crippen MR) is 104 cm³/mol. The van der Waals surface area contributed by atoms with E-state index in [9.17, 15) is 4.79 Å². The van der Waals surface area contributed by atoms with Gasteiger partial charge in [-0.15, -0.1) is 6.58 Å². The molecule has 4 atom stereocenters. The Hall–Kier alpha value is -2.67. The van der Waals surface area contributed by atoms with Gasteiger partial charge < -0.3 is 28.4 Å². The molecule has 29 heavy (non-hydrogen) atoms. The van der Waals surface area contributed by atoms with Gasteiger partial charge in [-0.2, -0.15) is 0 Å². The summed E-state index contributed by atoms with van der Waals surface area (Å²) in [6.45, 7) is 6.21. The molecule has 0 radical (unpaired) electrons. The lowest BCUT2D eigenvalue weighted by Gasteiger charge is -2.38. The maximum Gasteiger partial charge on any atom is 0.231 e. The summed E-state index contributed by atoms with van der Waals surface area (Å²) >= 11 is 0. The first-order valence-corrected chi connectivity index (χ1v) is 9.61. The molecule has 7 heteroatoms. The van der Waals surface area contributed by atoms with Crippen LogP contribution in [0.15, 0.2) is 36.3 Å². The van der Waals surface area contributed by atoms with Gasteiger partial charge in [-0.05, 0) is 25.0 Å². The molecule has 0 spiro atoms. The van der Waals surface area contributed by atoms with Crippen molar-refractivity contribution >= 4 is 5.78 Å². The first-order valence-electron chi connectivity index (χ1n) is 9.61. The smallest absolute Gasteiger partial charge is 0.231 e. The zero-order valence-electron chi connectivity index (χ0n) is 17.2. The minimum atomic E-state index is -0.579. The van der Waals surface area contributed by atoms with Gasteiger partial charge in [0.15, 0.2) is 11.5 Å². The van der Waals surface area contributed by atoms with Crippen molar-refractivity contribution in [3.8, 4) is 17.2 Å². The second-order valence-electron chi connectivity index (χ2n) is 7.59. The third kappa shape index (κ3) is 2.79. The van der Waals surface area contributed by atoms with Gasteiger partial charge in [0.2, 0.25) is 24.1 Å². The van der Waals surface area contributed by atoms with Gasteiger partial charge in [0.25, 0.3) is 0 Å². The van der Waals surface area contributed by atoms with Crippen LogP contribution in [0, 0.1) is 11.3 Å². The average Bonchev–Trinajstić information content (AvgIpc) is 3.31. The lowest BCUT2D eigenvalue weighted by atomic mass is 9.65. The first-order chi connectivity index (χ1) is 14.0. The molecule has 7 nitrogen and oxygen atoms in total. The highest BCUT2D eigenvalue weighted by Gasteiger charge is 2.58. The Labute approximate surface area is 170 Å². The number of allylic oxidation sites excluding steroid dienone is 2. The van der Waals surface area contributed by atoms with Crippen molar-refractivity contribution < 1.29 is 33.2 Å². The quantitative estimate of drug-likeness (QED) is 0.674. The molecule has 0 bridgehead atoms. The molecule has 1 aromatic rings. The van der Waals surface area contributed by atoms with Crippen molar-refractivity contribution in [2.75, 3.05) is 28.1 Å². The van der Waals surface area contributed by atoms with Crippen LogP contribution >= 0.6 is 0 Å². The highest BCUT2D eigenvalue weighted by molar-refractivity contribution is 5.99. The fourth-order valence-electron chi connectivity index (χ4n) is 4.76. The molecule has 3 aliphatic rings. The van der Waals surface area contributed by atoms with E-state index in [0.29, 0.717) is 35.8 Å². The molecule has 0 amide bonds. The summed E-state index contributed by atoms with van der Waals surface area (Å²) in [4.78, 5) is 12.8. The first kappa shape index (κ1) is 19.6. The van der Waals surface area contributed by atoms with Crippen LogP contribution in [0.25, 0.3) is 0 Å². The van der Waals surface area contributed by atoms with Crippen LogP contribution in [-0.2, 0) is 19.0 Å². The van der Waals surface area contributed by atoms with E-state index in [1.807, 2.05) is 18.2 Å². The zero-order chi connectivity index (χ0) is 20.8. The monoisotopic (exact) mass is 402 g/mol. The van der Waals surface area contributed by atoms with Crippen molar-refractivity contribution in [2.24, 2.45) is 11.3 Å². The molecular formula is C22H26O7. The minimum Gasteiger partial charge on any atom is -0.493 e. The van der Waals surface area contributed by atoms with Crippen molar-refractivity contribution in [3.05, 3.63) is 41.9 Å². The molecule has 1 aromatic carbocycles. The number of carbonyl (C=O) groups is 1. The maximum absolute atomic E-state index is 12.8. The van der Waals surface area contributed by atoms with Gasteiger partial charge in [0.05, 0.1) is 14.2 Å². The lowest BCUT2D eigenvalue weighted by Crippen LogP contribution is -2.42. The van der Waals surface area contributed by atoms with E-state index in [1.54, 1.807) is 14.2 Å². The van der Waals surface area contributed by atoms with E-state index < -0.39 is 11.5 Å². The Morgan fingerprint density at radius 1 is 1.24 bits per heavy atom. The second-order valence-corrected chi connectivity index (χ2v) is 7.59. The van der Waals surface area contributed by atoms with Crippen molar-refractivity contribution in [3.63, 3.8) is 0 Å². The Bertz CT molecular complexity index is 874. The highest BCUT2D eigenvalue weighted by atomic mass is 16.7. The van der Waals surface area contributed by atoms with Crippen molar-refractivity contribution in [1.82, 2.24) is 0 Å². The number of hydrogen-bond donors (Lipinski definition) is 0. The normalized spacial score (nSPS) is 30.1. The Balaban J connectivity index is 1.83. The number of hydrogen-bond acceptors (Lipinski definition) is 7. The summed E-state index contributed by atoms with van der Waals surface area (Å²) in [6, 6.07) is 3.81. The summed E-state index contributed by atoms with van der Waals surface area (Å²) in [5, 5.41) is 0. The zero-order valence-corrected chi connectivity index (χ0v) is 17.2. The van der Waals surface area contributed by atoms with Gasteiger partial charge in [-0.25, -0.2) is 0 Å². The van der Waals surface area contributed by atoms with Gasteiger partial charge in [0, 0.05) is 24.0 Å². The van der Waals surface area contributed by atoms with Gasteiger partial charge in [-0.3, -0.25) is 4.79 Å². The largest absolute Gasteiger partial charge is 0.493 e. The fraction of sp³-hybridized carbons (Fsp3) is 0.500. The molecule has 1 saturated heterocycles. The summed E-state index contributed by atoms with van der Waals surface area (Å²) in [5.41, 5.74) is 0.441. The maximum atomic E-state index is 12.8. The third-order valence-electron chi connectivity index (χ3n) is 6.30. The number of carbonyl (C=O) groups excluding carboxylic acids is 1. The molecule has 2 aliphatic heterocycles. The van der Waals surface area contributed by atoms with E-state index in [-0.39, 0.29) is 30.4 Å². The van der Waals surface area contributed by atoms with Crippen molar-refractivity contribution in [2.45, 2.75) is 32.0 Å². The number of ketones is 1. The molecule has 2 heterocycles. The van der Waals surface area contributed by atoms with Crippen LogP contribution < -0.4 is 14.2 Å². The summed E-state index contributed by atoms with van der Waals surface area (Å²) in [7, 11) is 4.62. The number of Topliss-reactive ketones (excluding diaryl/α,β-unsaturated/α-hetero) is 1. The van der Waals surface area contributed by atoms with Gasteiger partial charge in [0.1, 0.15) is 18.0 Å². The second kappa shape index (κ2) is 7.30. The van der Waals surface area contributed by atoms with E-state index in [2.05, 4.69) is 13.5 Å². The van der Waals surface area contributed by atoms with Crippen LogP contribution in [0.5, 0.6) is 17.2 Å².